The number of ether oxygens (including phenoxy) is 1. The Morgan fingerprint density at radius 1 is 1.44 bits per heavy atom. The van der Waals surface area contributed by atoms with Gasteiger partial charge < -0.3 is 15.8 Å². The average Bonchev–Trinajstić information content (AvgIpc) is 2.52. The van der Waals surface area contributed by atoms with Gasteiger partial charge in [0.25, 0.3) is 0 Å². The maximum atomic E-state index is 11.9. The van der Waals surface area contributed by atoms with Crippen molar-refractivity contribution in [3.8, 4) is 0 Å². The van der Waals surface area contributed by atoms with Crippen LogP contribution in [0.25, 0.3) is 0 Å². The minimum atomic E-state index is -0.497. The predicted molar refractivity (Wildman–Crippen MR) is 71.6 cm³/mol. The number of hydrogen-bond donors (Lipinski definition) is 2. The topological polar surface area (TPSA) is 64.3 Å². The smallest absolute Gasteiger partial charge is 0.234 e. The van der Waals surface area contributed by atoms with Crippen LogP contribution >= 0.6 is 0 Å². The van der Waals surface area contributed by atoms with Crippen LogP contribution in [0.1, 0.15) is 36.6 Å². The van der Waals surface area contributed by atoms with Gasteiger partial charge in [-0.05, 0) is 37.5 Å². The number of rotatable bonds is 3. The number of carbonyl (C=O) groups excluding carboxylic acids is 1. The molecule has 0 aliphatic carbocycles. The Bertz CT molecular complexity index is 495. The third kappa shape index (κ3) is 1.91. The first kappa shape index (κ1) is 13.1. The largest absolute Gasteiger partial charge is 0.383 e. The number of methoxy groups -OCH3 is 1. The Balaban J connectivity index is 2.49. The lowest BCUT2D eigenvalue weighted by atomic mass is 9.84. The van der Waals surface area contributed by atoms with E-state index in [-0.39, 0.29) is 11.9 Å². The van der Waals surface area contributed by atoms with Crippen molar-refractivity contribution < 1.29 is 9.53 Å². The zero-order chi connectivity index (χ0) is 13.5. The highest BCUT2D eigenvalue weighted by Gasteiger charge is 2.39. The van der Waals surface area contributed by atoms with Crippen molar-refractivity contribution in [1.82, 2.24) is 0 Å². The number of nitrogens with two attached hydrogens (primary N) is 1. The zero-order valence-electron chi connectivity index (χ0n) is 11.3. The first-order valence-corrected chi connectivity index (χ1v) is 6.09. The van der Waals surface area contributed by atoms with Gasteiger partial charge in [-0.25, -0.2) is 0 Å². The molecular formula is C14H20N2O2. The van der Waals surface area contributed by atoms with E-state index in [1.54, 1.807) is 7.11 Å². The molecule has 0 aromatic heterocycles. The number of hydrogen-bond acceptors (Lipinski definition) is 3. The highest BCUT2D eigenvalue weighted by Crippen LogP contribution is 2.40. The zero-order valence-corrected chi connectivity index (χ0v) is 11.3. The first-order valence-electron chi connectivity index (χ1n) is 6.09. The Labute approximate surface area is 108 Å². The normalized spacial score (nSPS) is 18.4. The Hall–Kier alpha value is -1.39. The van der Waals surface area contributed by atoms with Gasteiger partial charge in [0, 0.05) is 12.8 Å². The van der Waals surface area contributed by atoms with Crippen LogP contribution in [0.2, 0.25) is 0 Å². The van der Waals surface area contributed by atoms with Crippen LogP contribution in [0, 0.1) is 6.92 Å². The monoisotopic (exact) mass is 248 g/mol. The number of carbonyl (C=O) groups is 1. The van der Waals surface area contributed by atoms with Crippen molar-refractivity contribution in [1.29, 1.82) is 0 Å². The van der Waals surface area contributed by atoms with Crippen LogP contribution in [0.4, 0.5) is 5.69 Å². The third-order valence-corrected chi connectivity index (χ3v) is 3.61. The predicted octanol–water partition coefficient (Wildman–Crippen LogP) is 1.87. The van der Waals surface area contributed by atoms with Crippen molar-refractivity contribution in [2.24, 2.45) is 5.73 Å². The summed E-state index contributed by atoms with van der Waals surface area (Å²) in [5.41, 5.74) is 9.58. The van der Waals surface area contributed by atoms with Gasteiger partial charge in [0.15, 0.2) is 0 Å². The fourth-order valence-electron chi connectivity index (χ4n) is 2.36. The molecular weight excluding hydrogens is 228 g/mol. The maximum absolute atomic E-state index is 11.9. The van der Waals surface area contributed by atoms with E-state index in [9.17, 15) is 4.79 Å². The lowest BCUT2D eigenvalue weighted by molar-refractivity contribution is -0.119. The van der Waals surface area contributed by atoms with Crippen LogP contribution in [0.3, 0.4) is 0 Å². The summed E-state index contributed by atoms with van der Waals surface area (Å²) in [6.45, 7) is 6.32. The molecule has 3 N–H and O–H groups in total. The number of nitrogens with one attached hydrogen (secondary N) is 1. The fourth-order valence-corrected chi connectivity index (χ4v) is 2.36. The van der Waals surface area contributed by atoms with E-state index in [1.165, 1.54) is 0 Å². The molecule has 0 fully saturated rings. The summed E-state index contributed by atoms with van der Waals surface area (Å²) in [4.78, 5) is 11.9. The molecule has 1 atom stereocenters. The van der Waals surface area contributed by atoms with Gasteiger partial charge in [-0.1, -0.05) is 12.1 Å². The lowest BCUT2D eigenvalue weighted by Crippen LogP contribution is -2.27. The standard InChI is InChI=1S/C14H20N2O2/c1-8-5-9(11(15)7-18-4)6-10-12(8)16-13(17)14(10,2)3/h5-6,11H,7,15H2,1-4H3,(H,16,17). The van der Waals surface area contributed by atoms with Crippen molar-refractivity contribution >= 4 is 11.6 Å². The highest BCUT2D eigenvalue weighted by molar-refractivity contribution is 6.06. The minimum Gasteiger partial charge on any atom is -0.383 e. The van der Waals surface area contributed by atoms with Crippen molar-refractivity contribution in [3.05, 3.63) is 28.8 Å². The number of benzene rings is 1. The molecule has 0 saturated carbocycles. The second-order valence-corrected chi connectivity index (χ2v) is 5.40. The summed E-state index contributed by atoms with van der Waals surface area (Å²) in [7, 11) is 1.63. The SMILES string of the molecule is COCC(N)c1cc(C)c2c(c1)C(C)(C)C(=O)N2. The summed E-state index contributed by atoms with van der Waals surface area (Å²) < 4.78 is 5.08. The lowest BCUT2D eigenvalue weighted by Gasteiger charge is -2.19. The molecule has 1 heterocycles. The molecule has 1 aromatic carbocycles. The average molecular weight is 248 g/mol. The quantitative estimate of drug-likeness (QED) is 0.858. The molecule has 0 radical (unpaired) electrons. The molecule has 4 nitrogen and oxygen atoms in total. The van der Waals surface area contributed by atoms with Gasteiger partial charge in [0.05, 0.1) is 18.1 Å². The van der Waals surface area contributed by atoms with Crippen LogP contribution in [0.15, 0.2) is 12.1 Å². The molecule has 1 aliphatic rings. The summed E-state index contributed by atoms with van der Waals surface area (Å²) in [6, 6.07) is 3.87. The molecule has 98 valence electrons. The minimum absolute atomic E-state index is 0.0399. The number of aryl methyl sites for hydroxylation is 1. The van der Waals surface area contributed by atoms with Gasteiger partial charge in [-0.3, -0.25) is 4.79 Å². The summed E-state index contributed by atoms with van der Waals surface area (Å²) in [6.07, 6.45) is 0. The van der Waals surface area contributed by atoms with E-state index >= 15 is 0 Å². The van der Waals surface area contributed by atoms with Gasteiger partial charge in [0.2, 0.25) is 5.91 Å². The summed E-state index contributed by atoms with van der Waals surface area (Å²) in [5.74, 6) is 0.0399. The Kier molecular flexibility index (Phi) is 3.17. The number of anilines is 1. The van der Waals surface area contributed by atoms with Gasteiger partial charge in [-0.15, -0.1) is 0 Å². The second-order valence-electron chi connectivity index (χ2n) is 5.40. The molecule has 0 spiro atoms. The molecule has 1 aromatic rings. The number of fused-ring (bicyclic) bond motifs is 1. The molecule has 4 heteroatoms. The molecule has 18 heavy (non-hydrogen) atoms. The molecule has 1 amide bonds. The van der Waals surface area contributed by atoms with Gasteiger partial charge in [0.1, 0.15) is 0 Å². The van der Waals surface area contributed by atoms with Crippen LogP contribution in [-0.2, 0) is 14.9 Å². The molecule has 0 bridgehead atoms. The summed E-state index contributed by atoms with van der Waals surface area (Å²) in [5, 5.41) is 2.94. The summed E-state index contributed by atoms with van der Waals surface area (Å²) >= 11 is 0. The van der Waals surface area contributed by atoms with Crippen LogP contribution in [-0.4, -0.2) is 19.6 Å². The third-order valence-electron chi connectivity index (χ3n) is 3.61. The van der Waals surface area contributed by atoms with Crippen molar-refractivity contribution in [2.75, 3.05) is 19.0 Å². The Morgan fingerprint density at radius 3 is 2.72 bits per heavy atom. The second kappa shape index (κ2) is 4.37. The maximum Gasteiger partial charge on any atom is 0.234 e. The molecule has 1 unspecified atom stereocenters. The van der Waals surface area contributed by atoms with Crippen molar-refractivity contribution in [2.45, 2.75) is 32.2 Å². The van der Waals surface area contributed by atoms with E-state index < -0.39 is 5.41 Å². The number of amides is 1. The molecule has 1 aliphatic heterocycles. The first-order chi connectivity index (χ1) is 8.37. The van der Waals surface area contributed by atoms with E-state index in [4.69, 9.17) is 10.5 Å². The highest BCUT2D eigenvalue weighted by atomic mass is 16.5. The van der Waals surface area contributed by atoms with E-state index in [1.807, 2.05) is 32.9 Å². The van der Waals surface area contributed by atoms with Gasteiger partial charge in [-0.2, -0.15) is 0 Å². The van der Waals surface area contributed by atoms with E-state index in [2.05, 4.69) is 5.32 Å². The molecule has 0 saturated heterocycles. The van der Waals surface area contributed by atoms with Crippen LogP contribution < -0.4 is 11.1 Å². The van der Waals surface area contributed by atoms with Crippen molar-refractivity contribution in [3.63, 3.8) is 0 Å². The molecule has 2 rings (SSSR count). The Morgan fingerprint density at radius 2 is 2.11 bits per heavy atom. The fraction of sp³-hybridized carbons (Fsp3) is 0.500. The van der Waals surface area contributed by atoms with Crippen LogP contribution in [0.5, 0.6) is 0 Å². The van der Waals surface area contributed by atoms with Gasteiger partial charge >= 0.3 is 0 Å². The van der Waals surface area contributed by atoms with E-state index in [0.717, 1.165) is 22.4 Å². The van der Waals surface area contributed by atoms with E-state index in [0.29, 0.717) is 6.61 Å².